The first-order chi connectivity index (χ1) is 18.1. The van der Waals surface area contributed by atoms with Gasteiger partial charge >= 0.3 is 0 Å². The normalized spacial score (nSPS) is 10.9. The molecule has 3 aromatic carbocycles. The van der Waals surface area contributed by atoms with Gasteiger partial charge in [0.2, 0.25) is 0 Å². The fraction of sp³-hybridized carbons (Fsp3) is 0.310. The summed E-state index contributed by atoms with van der Waals surface area (Å²) in [4.78, 5) is 17.0. The van der Waals surface area contributed by atoms with Crippen LogP contribution >= 0.6 is 11.6 Å². The molecule has 1 amide bonds. The monoisotopic (exact) mass is 521 g/mol. The van der Waals surface area contributed by atoms with E-state index in [0.717, 1.165) is 60.6 Å². The highest BCUT2D eigenvalue weighted by atomic mass is 35.5. The van der Waals surface area contributed by atoms with Crippen LogP contribution in [0.15, 0.2) is 72.8 Å². The summed E-state index contributed by atoms with van der Waals surface area (Å²) in [5, 5.41) is 3.55. The molecule has 1 aromatic heterocycles. The van der Waals surface area contributed by atoms with E-state index in [9.17, 15) is 4.79 Å². The van der Waals surface area contributed by atoms with Crippen LogP contribution < -0.4 is 19.5 Å². The van der Waals surface area contributed by atoms with Gasteiger partial charge in [0.25, 0.3) is 5.91 Å². The molecule has 0 spiro atoms. The summed E-state index contributed by atoms with van der Waals surface area (Å²) < 4.78 is 19.0. The van der Waals surface area contributed by atoms with E-state index in [4.69, 9.17) is 30.8 Å². The lowest BCUT2D eigenvalue weighted by Crippen LogP contribution is -2.30. The maximum Gasteiger partial charge on any atom is 0.257 e. The van der Waals surface area contributed by atoms with Gasteiger partial charge in [-0.3, -0.25) is 4.79 Å². The van der Waals surface area contributed by atoms with E-state index >= 15 is 0 Å². The van der Waals surface area contributed by atoms with Gasteiger partial charge in [0.05, 0.1) is 24.8 Å². The number of methoxy groups -OCH3 is 1. The van der Waals surface area contributed by atoms with Crippen molar-refractivity contribution in [3.63, 3.8) is 0 Å². The van der Waals surface area contributed by atoms with Gasteiger partial charge in [0.1, 0.15) is 11.6 Å². The number of aryl methyl sites for hydroxylation is 2. The zero-order valence-electron chi connectivity index (χ0n) is 21.0. The van der Waals surface area contributed by atoms with E-state index < -0.39 is 0 Å². The van der Waals surface area contributed by atoms with Crippen LogP contribution in [0.5, 0.6) is 17.2 Å². The highest BCUT2D eigenvalue weighted by Gasteiger charge is 2.11. The van der Waals surface area contributed by atoms with Gasteiger partial charge in [-0.25, -0.2) is 4.98 Å². The summed E-state index contributed by atoms with van der Waals surface area (Å²) in [6.07, 6.45) is 3.42. The molecule has 7 nitrogen and oxygen atoms in total. The van der Waals surface area contributed by atoms with Crippen LogP contribution in [-0.4, -0.2) is 42.3 Å². The average molecular weight is 522 g/mol. The molecule has 8 heteroatoms. The van der Waals surface area contributed by atoms with E-state index in [2.05, 4.69) is 16.0 Å². The number of para-hydroxylation sites is 4. The number of imidazole rings is 1. The van der Waals surface area contributed by atoms with E-state index in [1.165, 1.54) is 0 Å². The number of unbranched alkanes of at least 4 members (excludes halogenated alkanes) is 1. The van der Waals surface area contributed by atoms with Gasteiger partial charge in [-0.1, -0.05) is 35.9 Å². The number of hydrogen-bond acceptors (Lipinski definition) is 5. The lowest BCUT2D eigenvalue weighted by atomic mass is 10.2. The standard InChI is InChI=1S/C29H32ClN3O4/c1-35-26-11-4-5-12-27(26)36-20-7-6-19-33-25-10-3-2-9-24(25)32-28(33)13-8-18-31-29(34)21-37-23-16-14-22(30)15-17-23/h2-5,9-12,14-17H,6-8,13,18-21H2,1H3,(H,31,34). The Bertz CT molecular complexity index is 1290. The number of carbonyl (C=O) groups excluding carboxylic acids is 1. The van der Waals surface area contributed by atoms with Gasteiger partial charge < -0.3 is 24.1 Å². The van der Waals surface area contributed by atoms with Crippen molar-refractivity contribution >= 4 is 28.5 Å². The van der Waals surface area contributed by atoms with Crippen molar-refractivity contribution in [2.45, 2.75) is 32.2 Å². The van der Waals surface area contributed by atoms with Crippen LogP contribution in [0, 0.1) is 0 Å². The molecule has 0 saturated carbocycles. The molecule has 0 aliphatic rings. The molecule has 0 bridgehead atoms. The van der Waals surface area contributed by atoms with Crippen molar-refractivity contribution in [2.24, 2.45) is 0 Å². The fourth-order valence-corrected chi connectivity index (χ4v) is 4.19. The van der Waals surface area contributed by atoms with Crippen LogP contribution in [0.4, 0.5) is 0 Å². The maximum absolute atomic E-state index is 12.1. The summed E-state index contributed by atoms with van der Waals surface area (Å²) in [5.41, 5.74) is 2.12. The SMILES string of the molecule is COc1ccccc1OCCCCn1c(CCCNC(=O)COc2ccc(Cl)cc2)nc2ccccc21. The minimum atomic E-state index is -0.154. The number of benzene rings is 3. The average Bonchev–Trinajstić information content (AvgIpc) is 3.28. The van der Waals surface area contributed by atoms with Gasteiger partial charge in [0.15, 0.2) is 18.1 Å². The van der Waals surface area contributed by atoms with Crippen molar-refractivity contribution in [1.82, 2.24) is 14.9 Å². The Balaban J connectivity index is 1.23. The van der Waals surface area contributed by atoms with Crippen LogP contribution in [0.3, 0.4) is 0 Å². The molecule has 1 N–H and O–H groups in total. The van der Waals surface area contributed by atoms with E-state index in [0.29, 0.717) is 23.9 Å². The third kappa shape index (κ3) is 7.64. The highest BCUT2D eigenvalue weighted by molar-refractivity contribution is 6.30. The second kappa shape index (κ2) is 13.6. The number of halogens is 1. The Kier molecular flexibility index (Phi) is 9.66. The molecule has 0 aliphatic heterocycles. The van der Waals surface area contributed by atoms with E-state index in [1.807, 2.05) is 42.5 Å². The van der Waals surface area contributed by atoms with Crippen molar-refractivity contribution in [2.75, 3.05) is 26.9 Å². The maximum atomic E-state index is 12.1. The molecule has 0 fully saturated rings. The zero-order valence-corrected chi connectivity index (χ0v) is 21.7. The number of amides is 1. The summed E-state index contributed by atoms with van der Waals surface area (Å²) in [7, 11) is 1.65. The molecule has 0 unspecified atom stereocenters. The molecule has 0 atom stereocenters. The first kappa shape index (κ1) is 26.4. The minimum absolute atomic E-state index is 0.0307. The smallest absolute Gasteiger partial charge is 0.257 e. The van der Waals surface area contributed by atoms with Crippen molar-refractivity contribution in [3.05, 3.63) is 83.6 Å². The van der Waals surface area contributed by atoms with Crippen LogP contribution in [0.2, 0.25) is 5.02 Å². The molecule has 0 aliphatic carbocycles. The van der Waals surface area contributed by atoms with Gasteiger partial charge in [-0.2, -0.15) is 0 Å². The number of carbonyl (C=O) groups is 1. The molecular weight excluding hydrogens is 490 g/mol. The topological polar surface area (TPSA) is 74.6 Å². The quantitative estimate of drug-likeness (QED) is 0.216. The Hall–Kier alpha value is -3.71. The lowest BCUT2D eigenvalue weighted by molar-refractivity contribution is -0.123. The van der Waals surface area contributed by atoms with Crippen LogP contribution in [-0.2, 0) is 17.8 Å². The Morgan fingerprint density at radius 2 is 1.68 bits per heavy atom. The van der Waals surface area contributed by atoms with E-state index in [-0.39, 0.29) is 12.5 Å². The Morgan fingerprint density at radius 3 is 2.49 bits per heavy atom. The molecule has 0 radical (unpaired) electrons. The number of nitrogens with one attached hydrogen (secondary N) is 1. The predicted molar refractivity (Wildman–Crippen MR) is 146 cm³/mol. The number of nitrogens with zero attached hydrogens (tertiary/aromatic N) is 2. The first-order valence-electron chi connectivity index (χ1n) is 12.5. The number of fused-ring (bicyclic) bond motifs is 1. The second-order valence-electron chi connectivity index (χ2n) is 8.57. The molecule has 194 valence electrons. The molecule has 4 rings (SSSR count). The number of hydrogen-bond donors (Lipinski definition) is 1. The van der Waals surface area contributed by atoms with Crippen molar-refractivity contribution < 1.29 is 19.0 Å². The van der Waals surface area contributed by atoms with Gasteiger partial charge in [-0.15, -0.1) is 0 Å². The van der Waals surface area contributed by atoms with Crippen LogP contribution in [0.25, 0.3) is 11.0 Å². The second-order valence-corrected chi connectivity index (χ2v) is 9.01. The fourth-order valence-electron chi connectivity index (χ4n) is 4.06. The highest BCUT2D eigenvalue weighted by Crippen LogP contribution is 2.26. The lowest BCUT2D eigenvalue weighted by Gasteiger charge is -2.12. The molecule has 4 aromatic rings. The molecule has 1 heterocycles. The number of aromatic nitrogens is 2. The largest absolute Gasteiger partial charge is 0.493 e. The number of ether oxygens (including phenoxy) is 3. The summed E-state index contributed by atoms with van der Waals surface area (Å²) in [5.74, 6) is 2.99. The van der Waals surface area contributed by atoms with Crippen LogP contribution in [0.1, 0.15) is 25.1 Å². The molecule has 0 saturated heterocycles. The summed E-state index contributed by atoms with van der Waals surface area (Å²) in [6.45, 7) is 1.99. The molecule has 37 heavy (non-hydrogen) atoms. The summed E-state index contributed by atoms with van der Waals surface area (Å²) in [6, 6.07) is 22.8. The summed E-state index contributed by atoms with van der Waals surface area (Å²) >= 11 is 5.87. The predicted octanol–water partition coefficient (Wildman–Crippen LogP) is 5.69. The first-order valence-corrected chi connectivity index (χ1v) is 12.9. The van der Waals surface area contributed by atoms with Crippen molar-refractivity contribution in [3.8, 4) is 17.2 Å². The van der Waals surface area contributed by atoms with Gasteiger partial charge in [-0.05, 0) is 67.8 Å². The minimum Gasteiger partial charge on any atom is -0.493 e. The third-order valence-corrected chi connectivity index (χ3v) is 6.17. The van der Waals surface area contributed by atoms with Crippen molar-refractivity contribution in [1.29, 1.82) is 0 Å². The Labute approximate surface area is 222 Å². The molecular formula is C29H32ClN3O4. The third-order valence-electron chi connectivity index (χ3n) is 5.92. The van der Waals surface area contributed by atoms with E-state index in [1.54, 1.807) is 31.4 Å². The Morgan fingerprint density at radius 1 is 0.919 bits per heavy atom. The zero-order chi connectivity index (χ0) is 25.9. The van der Waals surface area contributed by atoms with Gasteiger partial charge in [0, 0.05) is 24.5 Å². The number of rotatable bonds is 14.